The summed E-state index contributed by atoms with van der Waals surface area (Å²) in [7, 11) is 0. The zero-order chi connectivity index (χ0) is 24.8. The van der Waals surface area contributed by atoms with Crippen molar-refractivity contribution in [1.82, 2.24) is 9.13 Å². The highest BCUT2D eigenvalue weighted by Crippen LogP contribution is 2.35. The van der Waals surface area contributed by atoms with Gasteiger partial charge in [0.1, 0.15) is 30.3 Å². The van der Waals surface area contributed by atoms with E-state index in [0.717, 1.165) is 6.07 Å². The maximum atomic E-state index is 13.4. The van der Waals surface area contributed by atoms with E-state index in [4.69, 9.17) is 18.6 Å². The first kappa shape index (κ1) is 22.9. The quantitative estimate of drug-likeness (QED) is 0.378. The molecule has 0 spiro atoms. The van der Waals surface area contributed by atoms with E-state index in [9.17, 15) is 18.0 Å². The third-order valence-corrected chi connectivity index (χ3v) is 5.63. The number of rotatable bonds is 6. The van der Waals surface area contributed by atoms with Crippen LogP contribution in [0.1, 0.15) is 25.4 Å². The molecule has 0 bridgehead atoms. The number of imidazole rings is 1. The van der Waals surface area contributed by atoms with Gasteiger partial charge in [0.2, 0.25) is 5.76 Å². The van der Waals surface area contributed by atoms with Gasteiger partial charge in [-0.1, -0.05) is 12.1 Å². The van der Waals surface area contributed by atoms with Crippen molar-refractivity contribution in [2.75, 3.05) is 13.2 Å². The zero-order valence-corrected chi connectivity index (χ0v) is 19.1. The molecule has 0 radical (unpaired) electrons. The monoisotopic (exact) mass is 488 g/mol. The molecule has 4 aromatic rings. The highest BCUT2D eigenvalue weighted by molar-refractivity contribution is 5.76. The number of aromatic nitrogens is 2. The van der Waals surface area contributed by atoms with Crippen LogP contribution >= 0.6 is 0 Å². The van der Waals surface area contributed by atoms with Crippen LogP contribution in [-0.4, -0.2) is 27.9 Å². The molecule has 10 heteroatoms. The molecule has 2 aromatic carbocycles. The molecular weight excluding hydrogens is 465 g/mol. The number of benzene rings is 2. The lowest BCUT2D eigenvalue weighted by Gasteiger charge is -2.28. The maximum absolute atomic E-state index is 13.4. The van der Waals surface area contributed by atoms with Crippen LogP contribution in [0.2, 0.25) is 0 Å². The molecule has 5 rings (SSSR count). The Bertz CT molecular complexity index is 1430. The van der Waals surface area contributed by atoms with Crippen LogP contribution in [0.3, 0.4) is 0 Å². The predicted molar refractivity (Wildman–Crippen MR) is 121 cm³/mol. The highest BCUT2D eigenvalue weighted by Gasteiger charge is 2.35. The van der Waals surface area contributed by atoms with Gasteiger partial charge in [0.25, 0.3) is 0 Å². The van der Waals surface area contributed by atoms with Crippen LogP contribution in [0.4, 0.5) is 13.2 Å². The van der Waals surface area contributed by atoms with Crippen molar-refractivity contribution >= 4 is 11.0 Å². The van der Waals surface area contributed by atoms with Crippen LogP contribution < -0.4 is 19.9 Å². The van der Waals surface area contributed by atoms with Gasteiger partial charge in [-0.3, -0.25) is 9.13 Å². The molecule has 3 heterocycles. The van der Waals surface area contributed by atoms with E-state index in [0.29, 0.717) is 41.5 Å². The Balaban J connectivity index is 1.44. The third-order valence-electron chi connectivity index (χ3n) is 5.63. The summed E-state index contributed by atoms with van der Waals surface area (Å²) >= 11 is 0. The molecule has 0 saturated heterocycles. The lowest BCUT2D eigenvalue weighted by molar-refractivity contribution is -0.153. The van der Waals surface area contributed by atoms with Crippen molar-refractivity contribution in [3.63, 3.8) is 0 Å². The highest BCUT2D eigenvalue weighted by atomic mass is 19.4. The van der Waals surface area contributed by atoms with E-state index < -0.39 is 17.5 Å². The minimum absolute atomic E-state index is 0.0362. The fourth-order valence-electron chi connectivity index (χ4n) is 4.17. The van der Waals surface area contributed by atoms with E-state index in [1.54, 1.807) is 47.0 Å². The van der Waals surface area contributed by atoms with E-state index in [1.165, 1.54) is 10.6 Å². The number of furan rings is 1. The lowest BCUT2D eigenvalue weighted by atomic mass is 10.1. The summed E-state index contributed by atoms with van der Waals surface area (Å²) in [5, 5.41) is 0. The second kappa shape index (κ2) is 8.44. The number of ether oxygens (including phenoxy) is 3. The van der Waals surface area contributed by atoms with Gasteiger partial charge in [-0.05, 0) is 50.2 Å². The van der Waals surface area contributed by atoms with Gasteiger partial charge in [-0.2, -0.15) is 13.2 Å². The van der Waals surface area contributed by atoms with Gasteiger partial charge in [-0.25, -0.2) is 4.79 Å². The van der Waals surface area contributed by atoms with Crippen LogP contribution in [0.25, 0.3) is 11.0 Å². The minimum Gasteiger partial charge on any atom is -0.486 e. The molecule has 35 heavy (non-hydrogen) atoms. The fourth-order valence-corrected chi connectivity index (χ4v) is 4.17. The Labute approximate surface area is 198 Å². The molecule has 0 N–H and O–H groups in total. The molecule has 1 aliphatic rings. The lowest BCUT2D eigenvalue weighted by Crippen LogP contribution is -2.38. The normalized spacial score (nSPS) is 13.9. The average molecular weight is 488 g/mol. The summed E-state index contributed by atoms with van der Waals surface area (Å²) in [6.07, 6.45) is -4.59. The van der Waals surface area contributed by atoms with Gasteiger partial charge >= 0.3 is 11.9 Å². The summed E-state index contributed by atoms with van der Waals surface area (Å²) in [6, 6.07) is 14.5. The van der Waals surface area contributed by atoms with Crippen LogP contribution in [-0.2, 0) is 19.3 Å². The first-order valence-corrected chi connectivity index (χ1v) is 11.0. The molecule has 0 atom stereocenters. The van der Waals surface area contributed by atoms with E-state index in [2.05, 4.69) is 0 Å². The van der Waals surface area contributed by atoms with Crippen LogP contribution in [0.5, 0.6) is 17.2 Å². The van der Waals surface area contributed by atoms with Crippen molar-refractivity contribution < 1.29 is 31.8 Å². The van der Waals surface area contributed by atoms with Crippen molar-refractivity contribution in [2.45, 2.75) is 38.7 Å². The molecule has 0 fully saturated rings. The number of hydrogen-bond acceptors (Lipinski definition) is 5. The van der Waals surface area contributed by atoms with Gasteiger partial charge in [0, 0.05) is 6.07 Å². The molecule has 184 valence electrons. The number of para-hydroxylation sites is 2. The molecule has 0 unspecified atom stereocenters. The van der Waals surface area contributed by atoms with Crippen molar-refractivity contribution in [1.29, 1.82) is 0 Å². The Kier molecular flexibility index (Phi) is 5.53. The van der Waals surface area contributed by atoms with Gasteiger partial charge in [0.15, 0.2) is 11.5 Å². The van der Waals surface area contributed by atoms with Crippen molar-refractivity contribution in [3.05, 3.63) is 76.6 Å². The number of alkyl halides is 3. The smallest absolute Gasteiger partial charge is 0.449 e. The summed E-state index contributed by atoms with van der Waals surface area (Å²) in [5.41, 5.74) is 0.0305. The second-order valence-electron chi connectivity index (χ2n) is 8.87. The number of hydrogen-bond donors (Lipinski definition) is 0. The molecule has 0 saturated carbocycles. The summed E-state index contributed by atoms with van der Waals surface area (Å²) < 4.78 is 64.1. The SMILES string of the molecule is CC(C)(Cn1c(=O)n(Cc2ccc(C(F)(F)F)o2)c2ccccc21)Oc1ccc2c(c1)OCCO2. The molecule has 0 amide bonds. The standard InChI is InChI=1S/C25H23F3N2O5/c1-24(2,35-16-7-9-20-21(13-16)33-12-11-32-20)15-30-19-6-4-3-5-18(19)29(23(30)31)14-17-8-10-22(34-17)25(26,27)28/h3-10,13H,11-12,14-15H2,1-2H3. The van der Waals surface area contributed by atoms with E-state index in [-0.39, 0.29) is 24.5 Å². The number of nitrogens with zero attached hydrogens (tertiary/aromatic N) is 2. The predicted octanol–water partition coefficient (Wildman–Crippen LogP) is 5.09. The molecule has 1 aliphatic heterocycles. The summed E-state index contributed by atoms with van der Waals surface area (Å²) in [4.78, 5) is 13.4. The van der Waals surface area contributed by atoms with Crippen LogP contribution in [0.15, 0.2) is 63.8 Å². The first-order chi connectivity index (χ1) is 16.6. The summed E-state index contributed by atoms with van der Waals surface area (Å²) in [6.45, 7) is 4.71. The number of halogens is 3. The van der Waals surface area contributed by atoms with Crippen molar-refractivity contribution in [2.24, 2.45) is 0 Å². The van der Waals surface area contributed by atoms with Gasteiger partial charge < -0.3 is 18.6 Å². The topological polar surface area (TPSA) is 67.8 Å². The largest absolute Gasteiger partial charge is 0.486 e. The minimum atomic E-state index is -4.59. The Morgan fingerprint density at radius 3 is 2.29 bits per heavy atom. The van der Waals surface area contributed by atoms with Gasteiger partial charge in [0.05, 0.1) is 24.1 Å². The Hall–Kier alpha value is -3.82. The van der Waals surface area contributed by atoms with Crippen molar-refractivity contribution in [3.8, 4) is 17.2 Å². The van der Waals surface area contributed by atoms with Crippen LogP contribution in [0, 0.1) is 0 Å². The molecule has 0 aliphatic carbocycles. The third kappa shape index (κ3) is 4.60. The second-order valence-corrected chi connectivity index (χ2v) is 8.87. The molecular formula is C25H23F3N2O5. The molecule has 2 aromatic heterocycles. The average Bonchev–Trinajstić information content (AvgIpc) is 3.38. The number of fused-ring (bicyclic) bond motifs is 2. The fraction of sp³-hybridized carbons (Fsp3) is 0.320. The summed E-state index contributed by atoms with van der Waals surface area (Å²) in [5.74, 6) is 0.737. The maximum Gasteiger partial charge on any atom is 0.449 e. The van der Waals surface area contributed by atoms with Gasteiger partial charge in [-0.15, -0.1) is 0 Å². The zero-order valence-electron chi connectivity index (χ0n) is 19.1. The first-order valence-electron chi connectivity index (χ1n) is 11.0. The van der Waals surface area contributed by atoms with E-state index >= 15 is 0 Å². The Morgan fingerprint density at radius 1 is 0.914 bits per heavy atom. The van der Waals surface area contributed by atoms with E-state index in [1.807, 2.05) is 13.8 Å². The molecule has 7 nitrogen and oxygen atoms in total. The Morgan fingerprint density at radius 2 is 1.60 bits per heavy atom.